The van der Waals surface area contributed by atoms with E-state index in [-0.39, 0.29) is 0 Å². The normalized spacial score (nSPS) is 28.0. The summed E-state index contributed by atoms with van der Waals surface area (Å²) < 4.78 is 0. The van der Waals surface area contributed by atoms with Gasteiger partial charge in [-0.2, -0.15) is 0 Å². The molecule has 1 saturated carbocycles. The number of likely N-dealkylation sites (tertiary alicyclic amines) is 1. The van der Waals surface area contributed by atoms with Crippen molar-refractivity contribution in [2.75, 3.05) is 19.6 Å². The smallest absolute Gasteiger partial charge is 0.407 e. The third kappa shape index (κ3) is 2.34. The molecule has 2 rings (SSSR count). The Bertz CT molecular complexity index is 204. The summed E-state index contributed by atoms with van der Waals surface area (Å²) in [5.41, 5.74) is 0. The van der Waals surface area contributed by atoms with E-state index in [1.165, 1.54) is 17.7 Å². The van der Waals surface area contributed by atoms with Crippen molar-refractivity contribution in [2.24, 2.45) is 5.92 Å². The molecule has 0 aromatic carbocycles. The highest BCUT2D eigenvalue weighted by atomic mass is 16.4. The minimum atomic E-state index is -0.782. The first-order chi connectivity index (χ1) is 6.25. The molecule has 1 heterocycles. The van der Waals surface area contributed by atoms with Crippen LogP contribution in [0.15, 0.2) is 0 Å². The summed E-state index contributed by atoms with van der Waals surface area (Å²) in [4.78, 5) is 12.1. The SMILES string of the molecule is O=C(O)N1CC[C@H](NCC2CC2)C1. The van der Waals surface area contributed by atoms with Crippen LogP contribution in [-0.4, -0.2) is 41.8 Å². The predicted molar refractivity (Wildman–Crippen MR) is 48.7 cm³/mol. The Balaban J connectivity index is 1.67. The third-order valence-electron chi connectivity index (χ3n) is 2.85. The largest absolute Gasteiger partial charge is 0.465 e. The Morgan fingerprint density at radius 1 is 1.46 bits per heavy atom. The van der Waals surface area contributed by atoms with Gasteiger partial charge in [0.15, 0.2) is 0 Å². The van der Waals surface area contributed by atoms with E-state index in [4.69, 9.17) is 5.11 Å². The lowest BCUT2D eigenvalue weighted by Gasteiger charge is -2.13. The second-order valence-electron chi connectivity index (χ2n) is 4.07. The van der Waals surface area contributed by atoms with Gasteiger partial charge in [0, 0.05) is 19.1 Å². The van der Waals surface area contributed by atoms with Crippen LogP contribution in [-0.2, 0) is 0 Å². The molecule has 1 aliphatic heterocycles. The molecule has 2 fully saturated rings. The topological polar surface area (TPSA) is 52.6 Å². The molecule has 4 heteroatoms. The quantitative estimate of drug-likeness (QED) is 0.680. The second kappa shape index (κ2) is 3.54. The van der Waals surface area contributed by atoms with E-state index in [9.17, 15) is 4.79 Å². The molecule has 74 valence electrons. The van der Waals surface area contributed by atoms with Crippen LogP contribution in [0.1, 0.15) is 19.3 Å². The summed E-state index contributed by atoms with van der Waals surface area (Å²) in [5.74, 6) is 0.874. The Hall–Kier alpha value is -0.770. The van der Waals surface area contributed by atoms with Crippen LogP contribution in [0.3, 0.4) is 0 Å². The zero-order valence-corrected chi connectivity index (χ0v) is 7.70. The average Bonchev–Trinajstić information content (AvgIpc) is 2.79. The summed E-state index contributed by atoms with van der Waals surface area (Å²) in [6.45, 7) is 2.44. The lowest BCUT2D eigenvalue weighted by molar-refractivity contribution is 0.154. The Kier molecular flexibility index (Phi) is 2.40. The number of amides is 1. The molecule has 13 heavy (non-hydrogen) atoms. The molecule has 0 aromatic rings. The summed E-state index contributed by atoms with van der Waals surface area (Å²) in [5, 5.41) is 12.1. The number of hydrogen-bond donors (Lipinski definition) is 2. The van der Waals surface area contributed by atoms with Crippen molar-refractivity contribution in [1.82, 2.24) is 10.2 Å². The predicted octanol–water partition coefficient (Wildman–Crippen LogP) is 0.738. The van der Waals surface area contributed by atoms with Crippen LogP contribution in [0.2, 0.25) is 0 Å². The van der Waals surface area contributed by atoms with Gasteiger partial charge in [-0.3, -0.25) is 0 Å². The molecule has 0 aromatic heterocycles. The minimum absolute atomic E-state index is 0.400. The van der Waals surface area contributed by atoms with Gasteiger partial charge >= 0.3 is 6.09 Å². The fourth-order valence-electron chi connectivity index (χ4n) is 1.76. The van der Waals surface area contributed by atoms with Crippen molar-refractivity contribution in [3.8, 4) is 0 Å². The molecular weight excluding hydrogens is 168 g/mol. The Labute approximate surface area is 77.9 Å². The maximum Gasteiger partial charge on any atom is 0.407 e. The van der Waals surface area contributed by atoms with Gasteiger partial charge < -0.3 is 15.3 Å². The molecule has 1 atom stereocenters. The molecule has 1 aliphatic carbocycles. The van der Waals surface area contributed by atoms with E-state index in [0.29, 0.717) is 19.1 Å². The lowest BCUT2D eigenvalue weighted by atomic mass is 10.2. The zero-order valence-electron chi connectivity index (χ0n) is 7.70. The number of nitrogens with zero attached hydrogens (tertiary/aromatic N) is 1. The van der Waals surface area contributed by atoms with Crippen molar-refractivity contribution >= 4 is 6.09 Å². The Morgan fingerprint density at radius 2 is 2.23 bits per heavy atom. The van der Waals surface area contributed by atoms with Gasteiger partial charge in [0.25, 0.3) is 0 Å². The van der Waals surface area contributed by atoms with Crippen LogP contribution < -0.4 is 5.32 Å². The maximum atomic E-state index is 10.6. The summed E-state index contributed by atoms with van der Waals surface area (Å²) in [6, 6.07) is 0.400. The van der Waals surface area contributed by atoms with Crippen LogP contribution in [0.5, 0.6) is 0 Å². The highest BCUT2D eigenvalue weighted by Crippen LogP contribution is 2.28. The van der Waals surface area contributed by atoms with Crippen LogP contribution in [0.4, 0.5) is 4.79 Å². The number of carbonyl (C=O) groups is 1. The van der Waals surface area contributed by atoms with Gasteiger partial charge in [-0.05, 0) is 31.7 Å². The molecule has 2 N–H and O–H groups in total. The van der Waals surface area contributed by atoms with Crippen molar-refractivity contribution in [2.45, 2.75) is 25.3 Å². The molecule has 0 radical (unpaired) electrons. The highest BCUT2D eigenvalue weighted by molar-refractivity contribution is 5.65. The first kappa shape index (κ1) is 8.81. The van der Waals surface area contributed by atoms with E-state index in [2.05, 4.69) is 5.32 Å². The highest BCUT2D eigenvalue weighted by Gasteiger charge is 2.27. The molecular formula is C9H16N2O2. The minimum Gasteiger partial charge on any atom is -0.465 e. The molecule has 0 unspecified atom stereocenters. The van der Waals surface area contributed by atoms with Crippen LogP contribution >= 0.6 is 0 Å². The zero-order chi connectivity index (χ0) is 9.26. The van der Waals surface area contributed by atoms with E-state index < -0.39 is 6.09 Å². The average molecular weight is 184 g/mol. The second-order valence-corrected chi connectivity index (χ2v) is 4.07. The van der Waals surface area contributed by atoms with Crippen molar-refractivity contribution in [3.63, 3.8) is 0 Å². The summed E-state index contributed by atoms with van der Waals surface area (Å²) in [6.07, 6.45) is 2.89. The van der Waals surface area contributed by atoms with Gasteiger partial charge in [0.2, 0.25) is 0 Å². The summed E-state index contributed by atoms with van der Waals surface area (Å²) in [7, 11) is 0. The number of carboxylic acid groups (broad SMARTS) is 1. The first-order valence-electron chi connectivity index (χ1n) is 4.97. The van der Waals surface area contributed by atoms with Crippen LogP contribution in [0.25, 0.3) is 0 Å². The van der Waals surface area contributed by atoms with Gasteiger partial charge in [-0.15, -0.1) is 0 Å². The molecule has 1 saturated heterocycles. The Morgan fingerprint density at radius 3 is 2.77 bits per heavy atom. The van der Waals surface area contributed by atoms with Crippen molar-refractivity contribution < 1.29 is 9.90 Å². The third-order valence-corrected chi connectivity index (χ3v) is 2.85. The van der Waals surface area contributed by atoms with Crippen LogP contribution in [0, 0.1) is 5.92 Å². The molecule has 1 amide bonds. The standard InChI is InChI=1S/C9H16N2O2/c12-9(13)11-4-3-8(6-11)10-5-7-1-2-7/h7-8,10H,1-6H2,(H,12,13)/t8-/m0/s1. The molecule has 0 spiro atoms. The van der Waals surface area contributed by atoms with Crippen molar-refractivity contribution in [3.05, 3.63) is 0 Å². The molecule has 2 aliphatic rings. The first-order valence-corrected chi connectivity index (χ1v) is 4.97. The monoisotopic (exact) mass is 184 g/mol. The fraction of sp³-hybridized carbons (Fsp3) is 0.889. The van der Waals surface area contributed by atoms with Gasteiger partial charge in [0.05, 0.1) is 0 Å². The van der Waals surface area contributed by atoms with Gasteiger partial charge in [-0.25, -0.2) is 4.79 Å². The van der Waals surface area contributed by atoms with E-state index in [0.717, 1.165) is 18.9 Å². The van der Waals surface area contributed by atoms with Crippen molar-refractivity contribution in [1.29, 1.82) is 0 Å². The van der Waals surface area contributed by atoms with Gasteiger partial charge in [0.1, 0.15) is 0 Å². The van der Waals surface area contributed by atoms with E-state index in [1.807, 2.05) is 0 Å². The van der Waals surface area contributed by atoms with E-state index in [1.54, 1.807) is 0 Å². The number of hydrogen-bond acceptors (Lipinski definition) is 2. The lowest BCUT2D eigenvalue weighted by Crippen LogP contribution is -2.35. The molecule has 4 nitrogen and oxygen atoms in total. The number of nitrogens with one attached hydrogen (secondary N) is 1. The fourth-order valence-corrected chi connectivity index (χ4v) is 1.76. The van der Waals surface area contributed by atoms with Gasteiger partial charge in [-0.1, -0.05) is 0 Å². The summed E-state index contributed by atoms with van der Waals surface area (Å²) >= 11 is 0. The number of rotatable bonds is 3. The molecule has 0 bridgehead atoms. The van der Waals surface area contributed by atoms with E-state index >= 15 is 0 Å². The maximum absolute atomic E-state index is 10.6.